The molecule has 0 fully saturated rings. The molecule has 0 aliphatic rings. The average Bonchev–Trinajstić information content (AvgIpc) is 2.91. The second-order valence-electron chi connectivity index (χ2n) is 4.44. The SMILES string of the molecule is Cc1cc(C(=O)NCCc2nc(C(=O)O)cs2)ccc1O. The van der Waals surface area contributed by atoms with Crippen LogP contribution in [0.4, 0.5) is 0 Å². The number of amides is 1. The molecule has 3 N–H and O–H groups in total. The Balaban J connectivity index is 1.88. The van der Waals surface area contributed by atoms with E-state index in [0.717, 1.165) is 0 Å². The molecule has 6 nitrogen and oxygen atoms in total. The number of carbonyl (C=O) groups is 2. The lowest BCUT2D eigenvalue weighted by Crippen LogP contribution is -2.25. The van der Waals surface area contributed by atoms with E-state index in [1.165, 1.54) is 22.8 Å². The second kappa shape index (κ2) is 6.36. The maximum absolute atomic E-state index is 11.9. The highest BCUT2D eigenvalue weighted by molar-refractivity contribution is 7.09. The number of nitrogens with one attached hydrogen (secondary N) is 1. The summed E-state index contributed by atoms with van der Waals surface area (Å²) in [5.41, 5.74) is 1.12. The zero-order valence-electron chi connectivity index (χ0n) is 11.3. The third-order valence-electron chi connectivity index (χ3n) is 2.85. The van der Waals surface area contributed by atoms with Crippen molar-refractivity contribution >= 4 is 23.2 Å². The predicted octanol–water partition coefficient (Wildman–Crippen LogP) is 1.83. The topological polar surface area (TPSA) is 99.5 Å². The summed E-state index contributed by atoms with van der Waals surface area (Å²) in [4.78, 5) is 26.5. The van der Waals surface area contributed by atoms with Crippen molar-refractivity contribution < 1.29 is 19.8 Å². The summed E-state index contributed by atoms with van der Waals surface area (Å²) < 4.78 is 0. The molecule has 0 atom stereocenters. The summed E-state index contributed by atoms with van der Waals surface area (Å²) in [6.45, 7) is 2.08. The van der Waals surface area contributed by atoms with E-state index in [1.54, 1.807) is 19.1 Å². The summed E-state index contributed by atoms with van der Waals surface area (Å²) in [6.07, 6.45) is 0.473. The van der Waals surface area contributed by atoms with Gasteiger partial charge >= 0.3 is 5.97 Å². The van der Waals surface area contributed by atoms with Gasteiger partial charge in [0.25, 0.3) is 5.91 Å². The molecule has 0 saturated heterocycles. The van der Waals surface area contributed by atoms with Crippen LogP contribution in [0.2, 0.25) is 0 Å². The van der Waals surface area contributed by atoms with Crippen LogP contribution in [-0.4, -0.2) is 33.6 Å². The minimum atomic E-state index is -1.05. The van der Waals surface area contributed by atoms with Gasteiger partial charge in [0.2, 0.25) is 0 Å². The number of hydrogen-bond acceptors (Lipinski definition) is 5. The molecule has 1 aromatic carbocycles. The van der Waals surface area contributed by atoms with Crippen molar-refractivity contribution in [1.29, 1.82) is 0 Å². The molecule has 1 heterocycles. The van der Waals surface area contributed by atoms with Crippen LogP contribution in [0.5, 0.6) is 5.75 Å². The summed E-state index contributed by atoms with van der Waals surface area (Å²) in [5.74, 6) is -1.15. The van der Waals surface area contributed by atoms with E-state index in [9.17, 15) is 14.7 Å². The van der Waals surface area contributed by atoms with Crippen LogP contribution in [0.15, 0.2) is 23.6 Å². The van der Waals surface area contributed by atoms with Gasteiger partial charge in [0.1, 0.15) is 5.75 Å². The lowest BCUT2D eigenvalue weighted by molar-refractivity contribution is 0.0690. The van der Waals surface area contributed by atoms with Gasteiger partial charge in [0.15, 0.2) is 5.69 Å². The number of nitrogens with zero attached hydrogens (tertiary/aromatic N) is 1. The third-order valence-corrected chi connectivity index (χ3v) is 3.76. The van der Waals surface area contributed by atoms with E-state index in [4.69, 9.17) is 5.11 Å². The van der Waals surface area contributed by atoms with Gasteiger partial charge in [0.05, 0.1) is 5.01 Å². The van der Waals surface area contributed by atoms with Crippen molar-refractivity contribution in [3.63, 3.8) is 0 Å². The number of benzene rings is 1. The number of hydrogen-bond donors (Lipinski definition) is 3. The highest BCUT2D eigenvalue weighted by Gasteiger charge is 2.10. The average molecular weight is 306 g/mol. The number of rotatable bonds is 5. The number of phenols is 1. The van der Waals surface area contributed by atoms with Crippen molar-refractivity contribution in [3.8, 4) is 5.75 Å². The molecule has 2 rings (SSSR count). The van der Waals surface area contributed by atoms with Crippen molar-refractivity contribution in [2.24, 2.45) is 0 Å². The lowest BCUT2D eigenvalue weighted by atomic mass is 10.1. The number of phenolic OH excluding ortho intramolecular Hbond substituents is 1. The fourth-order valence-electron chi connectivity index (χ4n) is 1.71. The lowest BCUT2D eigenvalue weighted by Gasteiger charge is -2.05. The first-order valence-corrected chi connectivity index (χ1v) is 7.11. The van der Waals surface area contributed by atoms with Gasteiger partial charge in [-0.15, -0.1) is 11.3 Å². The van der Waals surface area contributed by atoms with Gasteiger partial charge in [-0.25, -0.2) is 9.78 Å². The number of aromatic nitrogens is 1. The number of aryl methyl sites for hydroxylation is 1. The predicted molar refractivity (Wildman–Crippen MR) is 78.0 cm³/mol. The Morgan fingerprint density at radius 1 is 1.38 bits per heavy atom. The summed E-state index contributed by atoms with van der Waals surface area (Å²) in [5, 5.41) is 23.0. The van der Waals surface area contributed by atoms with Crippen LogP contribution < -0.4 is 5.32 Å². The maximum Gasteiger partial charge on any atom is 0.355 e. The third kappa shape index (κ3) is 3.79. The Labute approximate surface area is 125 Å². The molecule has 0 unspecified atom stereocenters. The molecule has 0 saturated carbocycles. The van der Waals surface area contributed by atoms with E-state index in [-0.39, 0.29) is 17.4 Å². The van der Waals surface area contributed by atoms with Gasteiger partial charge < -0.3 is 15.5 Å². The van der Waals surface area contributed by atoms with E-state index in [1.807, 2.05) is 0 Å². The van der Waals surface area contributed by atoms with Gasteiger partial charge in [-0.05, 0) is 30.7 Å². The maximum atomic E-state index is 11.9. The minimum absolute atomic E-state index is 0.0236. The summed E-state index contributed by atoms with van der Waals surface area (Å²) >= 11 is 1.25. The van der Waals surface area contributed by atoms with Crippen LogP contribution in [0, 0.1) is 6.92 Å². The molecule has 1 amide bonds. The van der Waals surface area contributed by atoms with Gasteiger partial charge in [0, 0.05) is 23.9 Å². The van der Waals surface area contributed by atoms with Crippen LogP contribution in [-0.2, 0) is 6.42 Å². The van der Waals surface area contributed by atoms with Crippen LogP contribution in [0.1, 0.15) is 31.4 Å². The Hall–Kier alpha value is -2.41. The fourth-order valence-corrected chi connectivity index (χ4v) is 2.48. The minimum Gasteiger partial charge on any atom is -0.508 e. The van der Waals surface area contributed by atoms with Crippen molar-refractivity contribution in [1.82, 2.24) is 10.3 Å². The largest absolute Gasteiger partial charge is 0.508 e. The number of carbonyl (C=O) groups excluding carboxylic acids is 1. The smallest absolute Gasteiger partial charge is 0.355 e. The monoisotopic (exact) mass is 306 g/mol. The molecular formula is C14H14N2O4S. The van der Waals surface area contributed by atoms with Crippen LogP contribution in [0.25, 0.3) is 0 Å². The highest BCUT2D eigenvalue weighted by Crippen LogP contribution is 2.16. The van der Waals surface area contributed by atoms with Gasteiger partial charge in [-0.1, -0.05) is 0 Å². The number of thiazole rings is 1. The first-order chi connectivity index (χ1) is 9.97. The van der Waals surface area contributed by atoms with Crippen LogP contribution >= 0.6 is 11.3 Å². The van der Waals surface area contributed by atoms with Gasteiger partial charge in [-0.2, -0.15) is 0 Å². The molecule has 0 aliphatic carbocycles. The Morgan fingerprint density at radius 3 is 2.76 bits per heavy atom. The first-order valence-electron chi connectivity index (χ1n) is 6.23. The van der Waals surface area contributed by atoms with E-state index in [0.29, 0.717) is 29.1 Å². The quantitative estimate of drug-likeness (QED) is 0.782. The first kappa shape index (κ1) is 15.0. The molecule has 0 spiro atoms. The number of aromatic carboxylic acids is 1. The normalized spacial score (nSPS) is 10.3. The zero-order valence-corrected chi connectivity index (χ0v) is 12.1. The van der Waals surface area contributed by atoms with Gasteiger partial charge in [-0.3, -0.25) is 4.79 Å². The molecule has 1 aromatic heterocycles. The number of carboxylic acids is 1. The van der Waals surface area contributed by atoms with E-state index in [2.05, 4.69) is 10.3 Å². The summed E-state index contributed by atoms with van der Waals surface area (Å²) in [7, 11) is 0. The number of carboxylic acid groups (broad SMARTS) is 1. The molecule has 0 aliphatic heterocycles. The Bertz CT molecular complexity index is 681. The van der Waals surface area contributed by atoms with Crippen LogP contribution in [0.3, 0.4) is 0 Å². The molecule has 0 bridgehead atoms. The van der Waals surface area contributed by atoms with Crippen molar-refractivity contribution in [3.05, 3.63) is 45.4 Å². The van der Waals surface area contributed by atoms with Crippen molar-refractivity contribution in [2.75, 3.05) is 6.54 Å². The Kier molecular flexibility index (Phi) is 4.54. The number of aromatic hydroxyl groups is 1. The second-order valence-corrected chi connectivity index (χ2v) is 5.38. The molecule has 2 aromatic rings. The van der Waals surface area contributed by atoms with E-state index >= 15 is 0 Å². The Morgan fingerprint density at radius 2 is 2.14 bits per heavy atom. The molecule has 7 heteroatoms. The highest BCUT2D eigenvalue weighted by atomic mass is 32.1. The molecule has 110 valence electrons. The fraction of sp³-hybridized carbons (Fsp3) is 0.214. The molecule has 21 heavy (non-hydrogen) atoms. The molecule has 0 radical (unpaired) electrons. The van der Waals surface area contributed by atoms with Crippen molar-refractivity contribution in [2.45, 2.75) is 13.3 Å². The summed E-state index contributed by atoms with van der Waals surface area (Å²) in [6, 6.07) is 4.63. The zero-order chi connectivity index (χ0) is 15.4. The van der Waals surface area contributed by atoms with E-state index < -0.39 is 5.97 Å². The molecular weight excluding hydrogens is 292 g/mol. The standard InChI is InChI=1S/C14H14N2O4S/c1-8-6-9(2-3-11(8)17)13(18)15-5-4-12-16-10(7-21-12)14(19)20/h2-3,6-7,17H,4-5H2,1H3,(H,15,18)(H,19,20).